The van der Waals surface area contributed by atoms with E-state index in [4.69, 9.17) is 15.4 Å². The number of hydroxylamine groups is 2. The molecule has 2 aromatic rings. The van der Waals surface area contributed by atoms with Crippen molar-refractivity contribution in [1.29, 1.82) is 10.5 Å². The molecule has 2 aliphatic rings. The molecule has 1 atom stereocenters. The standard InChI is InChI=1S/C20H18FN7O2/c21-16-12-25-20(26-17(16)9-23)27-4-1-14(2-5-27)19(29)28-18(3-6-30-28)15-7-13(8-22)10-24-11-15/h7,10-12,14,18H,1-6H2/t18-/m0/s1. The Labute approximate surface area is 172 Å². The molecule has 4 heterocycles. The van der Waals surface area contributed by atoms with Gasteiger partial charge in [-0.05, 0) is 24.5 Å². The van der Waals surface area contributed by atoms with Gasteiger partial charge < -0.3 is 4.90 Å². The molecule has 9 nitrogen and oxygen atoms in total. The molecule has 0 bridgehead atoms. The molecule has 2 saturated heterocycles. The minimum absolute atomic E-state index is 0.0998. The number of hydrogen-bond donors (Lipinski definition) is 0. The van der Waals surface area contributed by atoms with Crippen LogP contribution in [-0.4, -0.2) is 45.6 Å². The molecule has 2 aromatic heterocycles. The largest absolute Gasteiger partial charge is 0.341 e. The molecular weight excluding hydrogens is 389 g/mol. The molecule has 0 aliphatic carbocycles. The molecule has 152 valence electrons. The summed E-state index contributed by atoms with van der Waals surface area (Å²) in [7, 11) is 0. The summed E-state index contributed by atoms with van der Waals surface area (Å²) in [5.74, 6) is -0.797. The maximum absolute atomic E-state index is 13.4. The first kappa shape index (κ1) is 19.7. The minimum atomic E-state index is -0.751. The van der Waals surface area contributed by atoms with E-state index in [-0.39, 0.29) is 29.5 Å². The first-order valence-electron chi connectivity index (χ1n) is 9.59. The molecular formula is C20H18FN7O2. The van der Waals surface area contributed by atoms with Crippen LogP contribution in [0.3, 0.4) is 0 Å². The Balaban J connectivity index is 1.42. The second-order valence-corrected chi connectivity index (χ2v) is 7.16. The van der Waals surface area contributed by atoms with Crippen molar-refractivity contribution in [2.75, 3.05) is 24.6 Å². The smallest absolute Gasteiger partial charge is 0.249 e. The summed E-state index contributed by atoms with van der Waals surface area (Å²) in [5, 5.41) is 19.5. The average molecular weight is 407 g/mol. The molecule has 2 aliphatic heterocycles. The van der Waals surface area contributed by atoms with E-state index in [0.717, 1.165) is 11.8 Å². The van der Waals surface area contributed by atoms with Crippen LogP contribution in [0.5, 0.6) is 0 Å². The zero-order valence-electron chi connectivity index (χ0n) is 16.0. The van der Waals surface area contributed by atoms with Gasteiger partial charge in [0.25, 0.3) is 0 Å². The van der Waals surface area contributed by atoms with E-state index < -0.39 is 5.82 Å². The van der Waals surface area contributed by atoms with Crippen LogP contribution in [0.4, 0.5) is 10.3 Å². The fourth-order valence-corrected chi connectivity index (χ4v) is 3.79. The maximum atomic E-state index is 13.4. The normalized spacial score (nSPS) is 19.4. The lowest BCUT2D eigenvalue weighted by molar-refractivity contribution is -0.182. The number of pyridine rings is 1. The number of rotatable bonds is 3. The molecule has 2 fully saturated rings. The van der Waals surface area contributed by atoms with E-state index in [1.807, 2.05) is 4.90 Å². The average Bonchev–Trinajstić information content (AvgIpc) is 3.29. The molecule has 30 heavy (non-hydrogen) atoms. The van der Waals surface area contributed by atoms with Gasteiger partial charge in [0, 0.05) is 37.8 Å². The topological polar surface area (TPSA) is 119 Å². The quantitative estimate of drug-likeness (QED) is 0.756. The highest BCUT2D eigenvalue weighted by Crippen LogP contribution is 2.33. The maximum Gasteiger partial charge on any atom is 0.249 e. The highest BCUT2D eigenvalue weighted by atomic mass is 19.1. The van der Waals surface area contributed by atoms with Gasteiger partial charge in [-0.1, -0.05) is 0 Å². The first-order valence-corrected chi connectivity index (χ1v) is 9.59. The molecule has 0 saturated carbocycles. The summed E-state index contributed by atoms with van der Waals surface area (Å²) < 4.78 is 13.4. The SMILES string of the molecule is N#Cc1cncc([C@@H]2CCON2C(=O)C2CCN(c3ncc(F)c(C#N)n3)CC2)c1. The Hall–Kier alpha value is -3.63. The Kier molecular flexibility index (Phi) is 5.50. The lowest BCUT2D eigenvalue weighted by Gasteiger charge is -2.34. The fraction of sp³-hybridized carbons (Fsp3) is 0.400. The molecule has 10 heteroatoms. The Morgan fingerprint density at radius 3 is 2.70 bits per heavy atom. The highest BCUT2D eigenvalue weighted by molar-refractivity contribution is 5.79. The summed E-state index contributed by atoms with van der Waals surface area (Å²) in [6.07, 6.45) is 5.89. The van der Waals surface area contributed by atoms with Crippen molar-refractivity contribution in [3.63, 3.8) is 0 Å². The van der Waals surface area contributed by atoms with Gasteiger partial charge in [-0.3, -0.25) is 14.6 Å². The lowest BCUT2D eigenvalue weighted by Crippen LogP contribution is -2.42. The molecule has 4 rings (SSSR count). The Morgan fingerprint density at radius 2 is 1.97 bits per heavy atom. The second kappa shape index (κ2) is 8.39. The van der Waals surface area contributed by atoms with Crippen molar-refractivity contribution in [3.05, 3.63) is 47.3 Å². The minimum Gasteiger partial charge on any atom is -0.341 e. The van der Waals surface area contributed by atoms with Crippen LogP contribution in [0, 0.1) is 34.4 Å². The van der Waals surface area contributed by atoms with E-state index in [1.54, 1.807) is 18.3 Å². The monoisotopic (exact) mass is 407 g/mol. The van der Waals surface area contributed by atoms with Crippen LogP contribution in [0.2, 0.25) is 0 Å². The number of halogens is 1. The molecule has 0 N–H and O–H groups in total. The van der Waals surface area contributed by atoms with Gasteiger partial charge in [0.1, 0.15) is 12.1 Å². The predicted octanol–water partition coefficient (Wildman–Crippen LogP) is 1.88. The Bertz CT molecular complexity index is 1040. The van der Waals surface area contributed by atoms with Crippen LogP contribution in [0.1, 0.15) is 42.1 Å². The van der Waals surface area contributed by atoms with Crippen LogP contribution in [-0.2, 0) is 9.63 Å². The Morgan fingerprint density at radius 1 is 1.17 bits per heavy atom. The van der Waals surface area contributed by atoms with Crippen molar-refractivity contribution < 1.29 is 14.0 Å². The van der Waals surface area contributed by atoms with Crippen molar-refractivity contribution in [2.24, 2.45) is 5.92 Å². The van der Waals surface area contributed by atoms with Crippen LogP contribution in [0.25, 0.3) is 0 Å². The van der Waals surface area contributed by atoms with Crippen LogP contribution >= 0.6 is 0 Å². The lowest BCUT2D eigenvalue weighted by atomic mass is 9.94. The van der Waals surface area contributed by atoms with Gasteiger partial charge in [-0.2, -0.15) is 15.5 Å². The van der Waals surface area contributed by atoms with E-state index in [0.29, 0.717) is 44.5 Å². The van der Waals surface area contributed by atoms with E-state index in [2.05, 4.69) is 21.0 Å². The van der Waals surface area contributed by atoms with Crippen molar-refractivity contribution in [1.82, 2.24) is 20.0 Å². The number of hydrogen-bond acceptors (Lipinski definition) is 8. The molecule has 0 spiro atoms. The van der Waals surface area contributed by atoms with Crippen molar-refractivity contribution in [3.8, 4) is 12.1 Å². The van der Waals surface area contributed by atoms with E-state index >= 15 is 0 Å². The third-order valence-electron chi connectivity index (χ3n) is 5.36. The number of amides is 1. The van der Waals surface area contributed by atoms with Gasteiger partial charge in [0.05, 0.1) is 24.4 Å². The summed E-state index contributed by atoms with van der Waals surface area (Å²) in [5.41, 5.74) is 0.928. The molecule has 1 amide bonds. The molecule has 0 unspecified atom stereocenters. The predicted molar refractivity (Wildman–Crippen MR) is 101 cm³/mol. The van der Waals surface area contributed by atoms with Crippen LogP contribution in [0.15, 0.2) is 24.7 Å². The van der Waals surface area contributed by atoms with Gasteiger partial charge in [0.15, 0.2) is 11.5 Å². The van der Waals surface area contributed by atoms with E-state index in [9.17, 15) is 9.18 Å². The van der Waals surface area contributed by atoms with Gasteiger partial charge >= 0.3 is 0 Å². The highest BCUT2D eigenvalue weighted by Gasteiger charge is 2.37. The van der Waals surface area contributed by atoms with Gasteiger partial charge in [-0.25, -0.2) is 14.4 Å². The van der Waals surface area contributed by atoms with Crippen molar-refractivity contribution in [2.45, 2.75) is 25.3 Å². The number of anilines is 1. The number of nitriles is 2. The number of piperidine rings is 1. The summed E-state index contributed by atoms with van der Waals surface area (Å²) >= 11 is 0. The second-order valence-electron chi connectivity index (χ2n) is 7.16. The zero-order valence-corrected chi connectivity index (χ0v) is 16.0. The van der Waals surface area contributed by atoms with E-state index in [1.165, 1.54) is 11.3 Å². The van der Waals surface area contributed by atoms with Crippen molar-refractivity contribution >= 4 is 11.9 Å². The van der Waals surface area contributed by atoms with Gasteiger partial charge in [0.2, 0.25) is 11.9 Å². The molecule has 0 aromatic carbocycles. The zero-order chi connectivity index (χ0) is 21.1. The third kappa shape index (κ3) is 3.78. The summed E-state index contributed by atoms with van der Waals surface area (Å²) in [6.45, 7) is 1.44. The van der Waals surface area contributed by atoms with Gasteiger partial charge in [-0.15, -0.1) is 0 Å². The summed E-state index contributed by atoms with van der Waals surface area (Å²) in [4.78, 5) is 32.6. The van der Waals surface area contributed by atoms with Crippen LogP contribution < -0.4 is 4.90 Å². The summed E-state index contributed by atoms with van der Waals surface area (Å²) in [6, 6.07) is 5.24. The molecule has 0 radical (unpaired) electrons. The number of carbonyl (C=O) groups excluding carboxylic acids is 1. The number of aromatic nitrogens is 3. The number of nitrogens with zero attached hydrogens (tertiary/aromatic N) is 7. The third-order valence-corrected chi connectivity index (χ3v) is 5.36. The fourth-order valence-electron chi connectivity index (χ4n) is 3.79. The first-order chi connectivity index (χ1) is 14.6. The number of carbonyl (C=O) groups is 1.